The number of anilines is 1. The first-order chi connectivity index (χ1) is 6.16. The molecule has 2 rings (SSSR count). The van der Waals surface area contributed by atoms with Crippen molar-refractivity contribution in [1.29, 1.82) is 0 Å². The van der Waals surface area contributed by atoms with E-state index < -0.39 is 0 Å². The van der Waals surface area contributed by atoms with Gasteiger partial charge in [-0.2, -0.15) is 0 Å². The van der Waals surface area contributed by atoms with Crippen LogP contribution in [0.5, 0.6) is 11.5 Å². The third-order valence-electron chi connectivity index (χ3n) is 1.66. The molecule has 0 aliphatic heterocycles. The predicted molar refractivity (Wildman–Crippen MR) is 47.3 cm³/mol. The normalized spacial score (nSPS) is 10.5. The van der Waals surface area contributed by atoms with Gasteiger partial charge in [-0.15, -0.1) is 0 Å². The summed E-state index contributed by atoms with van der Waals surface area (Å²) in [5, 5.41) is 18.3. The van der Waals surface area contributed by atoms with Crippen molar-refractivity contribution in [2.24, 2.45) is 0 Å². The Labute approximate surface area is 73.5 Å². The van der Waals surface area contributed by atoms with Crippen LogP contribution in [-0.2, 0) is 0 Å². The molecular weight excluding hydrogens is 170 g/mol. The van der Waals surface area contributed by atoms with E-state index in [0.717, 1.165) is 0 Å². The summed E-state index contributed by atoms with van der Waals surface area (Å²) < 4.78 is 0. The zero-order valence-electron chi connectivity index (χ0n) is 6.60. The third-order valence-corrected chi connectivity index (χ3v) is 1.66. The van der Waals surface area contributed by atoms with Crippen molar-refractivity contribution in [3.8, 4) is 11.5 Å². The first-order valence-corrected chi connectivity index (χ1v) is 3.61. The highest BCUT2D eigenvalue weighted by Gasteiger charge is 2.03. The van der Waals surface area contributed by atoms with Crippen molar-refractivity contribution in [2.45, 2.75) is 0 Å². The first kappa shape index (κ1) is 7.60. The number of nitrogens with two attached hydrogens (primary N) is 1. The molecule has 13 heavy (non-hydrogen) atoms. The van der Waals surface area contributed by atoms with E-state index in [1.807, 2.05) is 0 Å². The number of fused-ring (bicyclic) bond motifs is 1. The maximum atomic E-state index is 9.15. The average molecular weight is 177 g/mol. The van der Waals surface area contributed by atoms with Crippen LogP contribution in [0.2, 0.25) is 0 Å². The fraction of sp³-hybridized carbons (Fsp3) is 0. The summed E-state index contributed by atoms with van der Waals surface area (Å²) in [6, 6.07) is 2.64. The van der Waals surface area contributed by atoms with Crippen LogP contribution in [0, 0.1) is 0 Å². The molecular formula is C8H7N3O2. The second-order valence-electron chi connectivity index (χ2n) is 2.62. The summed E-state index contributed by atoms with van der Waals surface area (Å²) in [6.07, 6.45) is 1.39. The molecule has 5 heteroatoms. The average Bonchev–Trinajstić information content (AvgIpc) is 2.08. The summed E-state index contributed by atoms with van der Waals surface area (Å²) >= 11 is 0. The predicted octanol–water partition coefficient (Wildman–Crippen LogP) is 0.623. The molecule has 0 aliphatic carbocycles. The smallest absolute Gasteiger partial charge is 0.159 e. The zero-order chi connectivity index (χ0) is 9.42. The fourth-order valence-electron chi connectivity index (χ4n) is 1.05. The van der Waals surface area contributed by atoms with Crippen LogP contribution in [0.4, 0.5) is 5.82 Å². The zero-order valence-corrected chi connectivity index (χ0v) is 6.60. The molecule has 0 saturated carbocycles. The molecule has 0 amide bonds. The Kier molecular flexibility index (Phi) is 1.45. The maximum absolute atomic E-state index is 9.15. The molecule has 0 aliphatic rings. The van der Waals surface area contributed by atoms with E-state index in [2.05, 4.69) is 9.97 Å². The van der Waals surface area contributed by atoms with Crippen molar-refractivity contribution < 1.29 is 10.2 Å². The summed E-state index contributed by atoms with van der Waals surface area (Å²) in [6.45, 7) is 0. The van der Waals surface area contributed by atoms with Crippen molar-refractivity contribution in [3.05, 3.63) is 18.3 Å². The molecule has 1 heterocycles. The van der Waals surface area contributed by atoms with Crippen LogP contribution in [0.15, 0.2) is 18.3 Å². The highest BCUT2D eigenvalue weighted by Crippen LogP contribution is 2.28. The van der Waals surface area contributed by atoms with E-state index in [0.29, 0.717) is 11.0 Å². The van der Waals surface area contributed by atoms with Gasteiger partial charge in [-0.1, -0.05) is 0 Å². The molecule has 4 N–H and O–H groups in total. The van der Waals surface area contributed by atoms with Crippen LogP contribution >= 0.6 is 0 Å². The van der Waals surface area contributed by atoms with E-state index in [1.54, 1.807) is 0 Å². The van der Waals surface area contributed by atoms with Gasteiger partial charge in [0, 0.05) is 12.1 Å². The van der Waals surface area contributed by atoms with Gasteiger partial charge in [-0.25, -0.2) is 4.98 Å². The number of phenols is 2. The third kappa shape index (κ3) is 1.20. The quantitative estimate of drug-likeness (QED) is 0.513. The summed E-state index contributed by atoms with van der Waals surface area (Å²) in [4.78, 5) is 7.85. The molecule has 2 aromatic rings. The van der Waals surface area contributed by atoms with Crippen LogP contribution in [0.3, 0.4) is 0 Å². The van der Waals surface area contributed by atoms with Gasteiger partial charge in [0.2, 0.25) is 0 Å². The molecule has 0 spiro atoms. The van der Waals surface area contributed by atoms with Gasteiger partial charge in [-0.05, 0) is 0 Å². The van der Waals surface area contributed by atoms with Crippen LogP contribution in [-0.4, -0.2) is 20.2 Å². The molecule has 0 atom stereocenters. The Balaban J connectivity index is 2.81. The van der Waals surface area contributed by atoms with Crippen LogP contribution in [0.25, 0.3) is 11.0 Å². The Hall–Kier alpha value is -2.04. The Morgan fingerprint density at radius 2 is 1.69 bits per heavy atom. The molecule has 1 aromatic carbocycles. The number of aromatic hydroxyl groups is 2. The van der Waals surface area contributed by atoms with Gasteiger partial charge in [0.25, 0.3) is 0 Å². The van der Waals surface area contributed by atoms with Crippen molar-refractivity contribution in [2.75, 3.05) is 5.73 Å². The van der Waals surface area contributed by atoms with E-state index >= 15 is 0 Å². The van der Waals surface area contributed by atoms with Gasteiger partial charge in [-0.3, -0.25) is 4.98 Å². The Morgan fingerprint density at radius 3 is 2.38 bits per heavy atom. The van der Waals surface area contributed by atoms with Crippen LogP contribution < -0.4 is 5.73 Å². The number of hydrogen-bond donors (Lipinski definition) is 3. The number of rotatable bonds is 0. The van der Waals surface area contributed by atoms with Gasteiger partial charge < -0.3 is 15.9 Å². The number of nitrogen functional groups attached to an aromatic ring is 1. The lowest BCUT2D eigenvalue weighted by atomic mass is 10.2. The minimum atomic E-state index is -0.229. The molecule has 0 fully saturated rings. The fourth-order valence-corrected chi connectivity index (χ4v) is 1.05. The van der Waals surface area contributed by atoms with E-state index in [1.165, 1.54) is 18.3 Å². The molecule has 0 radical (unpaired) electrons. The Bertz CT molecular complexity index is 470. The van der Waals surface area contributed by atoms with Gasteiger partial charge in [0.15, 0.2) is 11.5 Å². The second-order valence-corrected chi connectivity index (χ2v) is 2.62. The molecule has 5 nitrogen and oxygen atoms in total. The minimum Gasteiger partial charge on any atom is -0.504 e. The monoisotopic (exact) mass is 177 g/mol. The molecule has 1 aromatic heterocycles. The molecule has 0 bridgehead atoms. The SMILES string of the molecule is Nc1cnc2cc(O)c(O)cc2n1. The number of hydrogen-bond acceptors (Lipinski definition) is 5. The molecule has 0 unspecified atom stereocenters. The van der Waals surface area contributed by atoms with E-state index in [4.69, 9.17) is 15.9 Å². The van der Waals surface area contributed by atoms with Crippen molar-refractivity contribution in [3.63, 3.8) is 0 Å². The van der Waals surface area contributed by atoms with Crippen LogP contribution in [0.1, 0.15) is 0 Å². The topological polar surface area (TPSA) is 92.3 Å². The highest BCUT2D eigenvalue weighted by molar-refractivity contribution is 5.79. The van der Waals surface area contributed by atoms with E-state index in [9.17, 15) is 0 Å². The molecule has 0 saturated heterocycles. The summed E-state index contributed by atoms with van der Waals surface area (Å²) in [5.41, 5.74) is 6.34. The lowest BCUT2D eigenvalue weighted by Crippen LogP contribution is -1.92. The maximum Gasteiger partial charge on any atom is 0.159 e. The lowest BCUT2D eigenvalue weighted by Gasteiger charge is -2.00. The largest absolute Gasteiger partial charge is 0.504 e. The number of aromatic nitrogens is 2. The van der Waals surface area contributed by atoms with Crippen molar-refractivity contribution in [1.82, 2.24) is 9.97 Å². The van der Waals surface area contributed by atoms with Gasteiger partial charge in [0.05, 0.1) is 17.2 Å². The van der Waals surface area contributed by atoms with Gasteiger partial charge in [0.1, 0.15) is 5.82 Å². The summed E-state index contributed by atoms with van der Waals surface area (Å²) in [7, 11) is 0. The number of nitrogens with zero attached hydrogens (tertiary/aromatic N) is 2. The second kappa shape index (κ2) is 2.48. The highest BCUT2D eigenvalue weighted by atomic mass is 16.3. The first-order valence-electron chi connectivity index (χ1n) is 3.61. The van der Waals surface area contributed by atoms with Gasteiger partial charge >= 0.3 is 0 Å². The summed E-state index contributed by atoms with van der Waals surface area (Å²) in [5.74, 6) is -0.170. The Morgan fingerprint density at radius 1 is 1.08 bits per heavy atom. The lowest BCUT2D eigenvalue weighted by molar-refractivity contribution is 0.404. The molecule has 66 valence electrons. The minimum absolute atomic E-state index is 0.216. The van der Waals surface area contributed by atoms with E-state index in [-0.39, 0.29) is 17.3 Å². The van der Waals surface area contributed by atoms with Crippen molar-refractivity contribution >= 4 is 16.9 Å². The number of benzene rings is 1. The standard InChI is InChI=1S/C8H7N3O2/c9-8-3-10-4-1-6(12)7(13)2-5(4)11-8/h1-3,12-13H,(H2,9,11). The number of phenolic OH excluding ortho intramolecular Hbond substituents is 2.